The topological polar surface area (TPSA) is 74.7 Å². The van der Waals surface area contributed by atoms with E-state index in [2.05, 4.69) is 78.6 Å². The number of carbonyl (C=O) groups is 1. The molecule has 0 aliphatic carbocycles. The van der Waals surface area contributed by atoms with Gasteiger partial charge in [-0.05, 0) is 47.7 Å². The summed E-state index contributed by atoms with van der Waals surface area (Å²) in [6.07, 6.45) is 3.92. The molecule has 3 aromatic rings. The van der Waals surface area contributed by atoms with Gasteiger partial charge < -0.3 is 20.1 Å². The van der Waals surface area contributed by atoms with E-state index < -0.39 is 5.97 Å². The fraction of sp³-hybridized carbons (Fsp3) is 0.308. The number of rotatable bonds is 7. The van der Waals surface area contributed by atoms with Crippen molar-refractivity contribution in [3.63, 3.8) is 0 Å². The van der Waals surface area contributed by atoms with E-state index >= 15 is 0 Å². The molecular weight excluding hydrogens is 402 g/mol. The van der Waals surface area contributed by atoms with Crippen molar-refractivity contribution in [3.05, 3.63) is 77.6 Å². The second-order valence-corrected chi connectivity index (χ2v) is 8.47. The number of carboxylic acids is 1. The van der Waals surface area contributed by atoms with Crippen molar-refractivity contribution in [1.82, 2.24) is 4.98 Å². The molecule has 0 fully saturated rings. The first kappa shape index (κ1) is 21.7. The molecule has 166 valence electrons. The van der Waals surface area contributed by atoms with Gasteiger partial charge in [0, 0.05) is 43.1 Å². The quantitative estimate of drug-likeness (QED) is 0.504. The number of nitrogens with zero attached hydrogens (tertiary/aromatic N) is 2. The summed E-state index contributed by atoms with van der Waals surface area (Å²) in [4.78, 5) is 17.7. The van der Waals surface area contributed by atoms with E-state index in [1.807, 2.05) is 0 Å². The van der Waals surface area contributed by atoms with Crippen molar-refractivity contribution in [2.45, 2.75) is 32.1 Å². The number of ether oxygens (including phenoxy) is 1. The number of benzene rings is 2. The van der Waals surface area contributed by atoms with Gasteiger partial charge in [0.05, 0.1) is 24.1 Å². The van der Waals surface area contributed by atoms with E-state index in [9.17, 15) is 9.90 Å². The Morgan fingerprint density at radius 2 is 1.94 bits per heavy atom. The van der Waals surface area contributed by atoms with E-state index in [0.29, 0.717) is 24.8 Å². The summed E-state index contributed by atoms with van der Waals surface area (Å²) in [6, 6.07) is 16.5. The van der Waals surface area contributed by atoms with Crippen molar-refractivity contribution in [2.24, 2.45) is 0 Å². The van der Waals surface area contributed by atoms with E-state index in [0.717, 1.165) is 29.1 Å². The molecule has 0 saturated carbocycles. The summed E-state index contributed by atoms with van der Waals surface area (Å²) in [6.45, 7) is 5.64. The van der Waals surface area contributed by atoms with Crippen LogP contribution in [0, 0.1) is 0 Å². The van der Waals surface area contributed by atoms with Crippen LogP contribution in [0.3, 0.4) is 0 Å². The Morgan fingerprint density at radius 1 is 1.19 bits per heavy atom. The first-order valence-corrected chi connectivity index (χ1v) is 11.0. The molecule has 6 heteroatoms. The summed E-state index contributed by atoms with van der Waals surface area (Å²) in [5.41, 5.74) is 5.42. The fourth-order valence-electron chi connectivity index (χ4n) is 4.06. The summed E-state index contributed by atoms with van der Waals surface area (Å²) in [5, 5.41) is 12.7. The number of hydrogen-bond acceptors (Lipinski definition) is 5. The minimum Gasteiger partial charge on any atom is -0.493 e. The molecule has 0 saturated heterocycles. The van der Waals surface area contributed by atoms with Gasteiger partial charge in [-0.25, -0.2) is 4.79 Å². The number of hydrogen-bond donors (Lipinski definition) is 2. The normalized spacial score (nSPS) is 15.1. The van der Waals surface area contributed by atoms with Gasteiger partial charge in [-0.2, -0.15) is 0 Å². The lowest BCUT2D eigenvalue weighted by Gasteiger charge is -2.28. The van der Waals surface area contributed by atoms with Gasteiger partial charge in [0.25, 0.3) is 0 Å². The van der Waals surface area contributed by atoms with Crippen molar-refractivity contribution < 1.29 is 14.6 Å². The van der Waals surface area contributed by atoms with Gasteiger partial charge in [-0.1, -0.05) is 32.0 Å². The highest BCUT2D eigenvalue weighted by Crippen LogP contribution is 2.38. The third-order valence-electron chi connectivity index (χ3n) is 6.09. The molecule has 2 aromatic carbocycles. The summed E-state index contributed by atoms with van der Waals surface area (Å²) < 4.78 is 5.98. The predicted octanol–water partition coefficient (Wildman–Crippen LogP) is 5.65. The Morgan fingerprint density at radius 3 is 2.66 bits per heavy atom. The van der Waals surface area contributed by atoms with Gasteiger partial charge in [-0.3, -0.25) is 4.98 Å². The van der Waals surface area contributed by atoms with Crippen molar-refractivity contribution in [1.29, 1.82) is 0 Å². The molecule has 2 N–H and O–H groups in total. The van der Waals surface area contributed by atoms with Gasteiger partial charge in [0.15, 0.2) is 0 Å². The number of fused-ring (bicyclic) bond motifs is 1. The summed E-state index contributed by atoms with van der Waals surface area (Å²) in [5.74, 6) is 0.660. The number of carboxylic acid groups (broad SMARTS) is 1. The Kier molecular flexibility index (Phi) is 6.30. The number of anilines is 3. The second-order valence-electron chi connectivity index (χ2n) is 8.47. The Bertz CT molecular complexity index is 1100. The number of aromatic carboxylic acids is 1. The standard InChI is InChI=1S/C26H29N3O3/c1-17(2)18-4-6-20(7-5-18)29(3)21-8-9-22-19(11-13-32-25(22)14-21)15-28-24-16-27-12-10-23(24)26(30)31/h4-10,12,14,16-17,19,28H,11,13,15H2,1-3H3,(H,30,31). The maximum Gasteiger partial charge on any atom is 0.337 e. The van der Waals surface area contributed by atoms with Gasteiger partial charge in [0.1, 0.15) is 5.75 Å². The number of aromatic nitrogens is 1. The molecule has 1 aliphatic rings. The number of nitrogens with one attached hydrogen (secondary N) is 1. The molecule has 0 amide bonds. The van der Waals surface area contributed by atoms with Crippen LogP contribution in [0.15, 0.2) is 60.9 Å². The van der Waals surface area contributed by atoms with Crippen LogP contribution >= 0.6 is 0 Å². The third-order valence-corrected chi connectivity index (χ3v) is 6.09. The maximum atomic E-state index is 11.4. The smallest absolute Gasteiger partial charge is 0.337 e. The van der Waals surface area contributed by atoms with Crippen molar-refractivity contribution in [3.8, 4) is 5.75 Å². The average Bonchev–Trinajstić information content (AvgIpc) is 2.82. The Hall–Kier alpha value is -3.54. The Balaban J connectivity index is 1.51. The second kappa shape index (κ2) is 9.30. The lowest BCUT2D eigenvalue weighted by Crippen LogP contribution is -2.22. The molecule has 6 nitrogen and oxygen atoms in total. The summed E-state index contributed by atoms with van der Waals surface area (Å²) >= 11 is 0. The molecule has 0 bridgehead atoms. The minimum absolute atomic E-state index is 0.227. The highest BCUT2D eigenvalue weighted by Gasteiger charge is 2.23. The zero-order valence-electron chi connectivity index (χ0n) is 18.7. The van der Waals surface area contributed by atoms with E-state index in [-0.39, 0.29) is 11.5 Å². The SMILES string of the molecule is CC(C)c1ccc(N(C)c2ccc3c(c2)OCCC3CNc2cnccc2C(=O)O)cc1. The van der Waals surface area contributed by atoms with E-state index in [1.54, 1.807) is 6.20 Å². The van der Waals surface area contributed by atoms with Crippen LogP contribution in [0.2, 0.25) is 0 Å². The van der Waals surface area contributed by atoms with E-state index in [1.165, 1.54) is 17.8 Å². The molecule has 1 aliphatic heterocycles. The molecule has 32 heavy (non-hydrogen) atoms. The van der Waals surface area contributed by atoms with Crippen LogP contribution in [-0.4, -0.2) is 36.3 Å². The molecule has 1 aromatic heterocycles. The van der Waals surface area contributed by atoms with Gasteiger partial charge in [0.2, 0.25) is 0 Å². The maximum absolute atomic E-state index is 11.4. The first-order valence-electron chi connectivity index (χ1n) is 11.0. The van der Waals surface area contributed by atoms with Crippen LogP contribution in [0.25, 0.3) is 0 Å². The van der Waals surface area contributed by atoms with Crippen molar-refractivity contribution >= 4 is 23.0 Å². The van der Waals surface area contributed by atoms with Crippen LogP contribution in [0.5, 0.6) is 5.75 Å². The summed E-state index contributed by atoms with van der Waals surface area (Å²) in [7, 11) is 2.06. The molecule has 0 radical (unpaired) electrons. The minimum atomic E-state index is -0.962. The van der Waals surface area contributed by atoms with Crippen molar-refractivity contribution in [2.75, 3.05) is 30.4 Å². The molecule has 4 rings (SSSR count). The Labute approximate surface area is 188 Å². The van der Waals surface area contributed by atoms with E-state index in [4.69, 9.17) is 4.74 Å². The van der Waals surface area contributed by atoms with Crippen LogP contribution in [0.4, 0.5) is 17.1 Å². The highest BCUT2D eigenvalue weighted by molar-refractivity contribution is 5.93. The largest absolute Gasteiger partial charge is 0.493 e. The number of pyridine rings is 1. The van der Waals surface area contributed by atoms with Gasteiger partial charge >= 0.3 is 5.97 Å². The predicted molar refractivity (Wildman–Crippen MR) is 128 cm³/mol. The lowest BCUT2D eigenvalue weighted by atomic mass is 9.92. The van der Waals surface area contributed by atoms with Crippen LogP contribution < -0.4 is 15.0 Å². The monoisotopic (exact) mass is 431 g/mol. The highest BCUT2D eigenvalue weighted by atomic mass is 16.5. The fourth-order valence-corrected chi connectivity index (χ4v) is 4.06. The first-order chi connectivity index (χ1) is 15.4. The van der Waals surface area contributed by atoms with Gasteiger partial charge in [-0.15, -0.1) is 0 Å². The molecular formula is C26H29N3O3. The molecule has 1 unspecified atom stereocenters. The zero-order valence-corrected chi connectivity index (χ0v) is 18.7. The third kappa shape index (κ3) is 4.54. The molecule has 2 heterocycles. The zero-order chi connectivity index (χ0) is 22.7. The lowest BCUT2D eigenvalue weighted by molar-refractivity contribution is 0.0697. The van der Waals surface area contributed by atoms with Crippen LogP contribution in [0.1, 0.15) is 53.6 Å². The molecule has 0 spiro atoms. The average molecular weight is 432 g/mol. The molecule has 1 atom stereocenters. The van der Waals surface area contributed by atoms with Crippen LogP contribution in [-0.2, 0) is 0 Å².